The Labute approximate surface area is 103 Å². The van der Waals surface area contributed by atoms with Crippen molar-refractivity contribution in [2.45, 2.75) is 6.42 Å². The molecule has 0 bridgehead atoms. The molecule has 0 saturated heterocycles. The van der Waals surface area contributed by atoms with Crippen molar-refractivity contribution in [2.75, 3.05) is 11.9 Å². The van der Waals surface area contributed by atoms with Gasteiger partial charge in [0.25, 0.3) is 5.91 Å². The Morgan fingerprint density at radius 2 is 2.35 bits per heavy atom. The summed E-state index contributed by atoms with van der Waals surface area (Å²) in [6, 6.07) is 7.07. The smallest absolute Gasteiger partial charge is 0.256 e. The third-order valence-electron chi connectivity index (χ3n) is 2.20. The molecule has 0 atom stereocenters. The van der Waals surface area contributed by atoms with E-state index < -0.39 is 0 Å². The van der Waals surface area contributed by atoms with Gasteiger partial charge in [-0.15, -0.1) is 11.3 Å². The van der Waals surface area contributed by atoms with E-state index in [1.807, 2.05) is 17.5 Å². The molecular weight excluding hydrogens is 236 g/mol. The van der Waals surface area contributed by atoms with E-state index in [0.717, 1.165) is 5.00 Å². The first-order valence-corrected chi connectivity index (χ1v) is 6.08. The first-order valence-electron chi connectivity index (χ1n) is 5.20. The Bertz CT molecular complexity index is 497. The second kappa shape index (κ2) is 5.56. The third-order valence-corrected chi connectivity index (χ3v) is 2.99. The number of rotatable bonds is 4. The van der Waals surface area contributed by atoms with Crippen molar-refractivity contribution in [3.8, 4) is 0 Å². The predicted octanol–water partition coefficient (Wildman–Crippen LogP) is 1.93. The van der Waals surface area contributed by atoms with Crippen LogP contribution in [0.4, 0.5) is 5.00 Å². The highest BCUT2D eigenvalue weighted by Gasteiger charge is 2.07. The Hall–Kier alpha value is -1.72. The van der Waals surface area contributed by atoms with Crippen LogP contribution in [0, 0.1) is 0 Å². The van der Waals surface area contributed by atoms with Crippen molar-refractivity contribution in [2.24, 2.45) is 0 Å². The van der Waals surface area contributed by atoms with Crippen molar-refractivity contribution < 1.29 is 9.90 Å². The molecule has 0 fully saturated rings. The Kier molecular flexibility index (Phi) is 3.85. The number of hydrogen-bond donors (Lipinski definition) is 2. The quantitative estimate of drug-likeness (QED) is 0.869. The molecule has 2 aromatic rings. The largest absolute Gasteiger partial charge is 0.396 e. The molecule has 1 amide bonds. The first-order chi connectivity index (χ1) is 8.29. The van der Waals surface area contributed by atoms with Crippen LogP contribution in [-0.4, -0.2) is 22.6 Å². The molecule has 0 aromatic carbocycles. The highest BCUT2D eigenvalue weighted by atomic mass is 32.1. The number of aliphatic hydroxyl groups excluding tert-OH is 1. The van der Waals surface area contributed by atoms with Crippen molar-refractivity contribution >= 4 is 22.2 Å². The van der Waals surface area contributed by atoms with Crippen LogP contribution < -0.4 is 5.32 Å². The molecule has 0 spiro atoms. The molecule has 0 aliphatic heterocycles. The summed E-state index contributed by atoms with van der Waals surface area (Å²) in [5.74, 6) is -0.158. The van der Waals surface area contributed by atoms with E-state index in [2.05, 4.69) is 10.3 Å². The number of carbonyl (C=O) groups excluding carboxylic acids is 1. The molecule has 17 heavy (non-hydrogen) atoms. The molecule has 2 N–H and O–H groups in total. The van der Waals surface area contributed by atoms with Gasteiger partial charge >= 0.3 is 0 Å². The standard InChI is InChI=1S/C12H12N2O2S/c15-6-4-10-8-9(3-5-13-10)12(16)14-11-2-1-7-17-11/h1-3,5,7-8,15H,4,6H2,(H,14,16). The van der Waals surface area contributed by atoms with Gasteiger partial charge in [-0.1, -0.05) is 0 Å². The molecule has 2 heterocycles. The highest BCUT2D eigenvalue weighted by Crippen LogP contribution is 2.16. The average molecular weight is 248 g/mol. The topological polar surface area (TPSA) is 62.2 Å². The van der Waals surface area contributed by atoms with Gasteiger partial charge < -0.3 is 10.4 Å². The molecule has 0 saturated carbocycles. The molecule has 88 valence electrons. The molecule has 0 radical (unpaired) electrons. The van der Waals surface area contributed by atoms with Gasteiger partial charge in [0.05, 0.1) is 5.00 Å². The number of hydrogen-bond acceptors (Lipinski definition) is 4. The van der Waals surface area contributed by atoms with Gasteiger partial charge in [-0.05, 0) is 29.6 Å². The summed E-state index contributed by atoms with van der Waals surface area (Å²) < 4.78 is 0. The summed E-state index contributed by atoms with van der Waals surface area (Å²) in [5, 5.41) is 14.3. The van der Waals surface area contributed by atoms with Crippen LogP contribution in [0.3, 0.4) is 0 Å². The van der Waals surface area contributed by atoms with Gasteiger partial charge in [0.15, 0.2) is 0 Å². The summed E-state index contributed by atoms with van der Waals surface area (Å²) in [6.07, 6.45) is 2.04. The second-order valence-electron chi connectivity index (χ2n) is 3.44. The minimum atomic E-state index is -0.158. The zero-order chi connectivity index (χ0) is 12.1. The molecule has 5 heteroatoms. The number of amides is 1. The summed E-state index contributed by atoms with van der Waals surface area (Å²) in [5.41, 5.74) is 1.27. The molecule has 0 aliphatic rings. The predicted molar refractivity (Wildman–Crippen MR) is 67.3 cm³/mol. The number of aromatic nitrogens is 1. The molecular formula is C12H12N2O2S. The van der Waals surface area contributed by atoms with Crippen molar-refractivity contribution in [3.05, 3.63) is 47.1 Å². The van der Waals surface area contributed by atoms with Crippen LogP contribution in [-0.2, 0) is 6.42 Å². The van der Waals surface area contributed by atoms with Crippen LogP contribution >= 0.6 is 11.3 Å². The van der Waals surface area contributed by atoms with Crippen molar-refractivity contribution in [3.63, 3.8) is 0 Å². The van der Waals surface area contributed by atoms with Crippen LogP contribution in [0.2, 0.25) is 0 Å². The fourth-order valence-corrected chi connectivity index (χ4v) is 2.02. The lowest BCUT2D eigenvalue weighted by Gasteiger charge is -2.04. The minimum Gasteiger partial charge on any atom is -0.396 e. The lowest BCUT2D eigenvalue weighted by molar-refractivity contribution is 0.102. The fraction of sp³-hybridized carbons (Fsp3) is 0.167. The normalized spacial score (nSPS) is 10.2. The number of anilines is 1. The number of carbonyl (C=O) groups is 1. The second-order valence-corrected chi connectivity index (χ2v) is 4.39. The Balaban J connectivity index is 2.11. The van der Waals surface area contributed by atoms with Crippen LogP contribution in [0.1, 0.15) is 16.1 Å². The monoisotopic (exact) mass is 248 g/mol. The van der Waals surface area contributed by atoms with E-state index in [1.165, 1.54) is 11.3 Å². The van der Waals surface area contributed by atoms with Crippen molar-refractivity contribution in [1.82, 2.24) is 4.98 Å². The van der Waals surface area contributed by atoms with E-state index in [1.54, 1.807) is 18.3 Å². The van der Waals surface area contributed by atoms with Gasteiger partial charge in [0.1, 0.15) is 0 Å². The van der Waals surface area contributed by atoms with Crippen LogP contribution in [0.15, 0.2) is 35.8 Å². The van der Waals surface area contributed by atoms with E-state index >= 15 is 0 Å². The van der Waals surface area contributed by atoms with E-state index in [4.69, 9.17) is 5.11 Å². The molecule has 2 aromatic heterocycles. The Morgan fingerprint density at radius 1 is 1.47 bits per heavy atom. The van der Waals surface area contributed by atoms with Crippen LogP contribution in [0.25, 0.3) is 0 Å². The van der Waals surface area contributed by atoms with E-state index in [9.17, 15) is 4.79 Å². The van der Waals surface area contributed by atoms with Crippen LogP contribution in [0.5, 0.6) is 0 Å². The number of aliphatic hydroxyl groups is 1. The molecule has 0 unspecified atom stereocenters. The molecule has 2 rings (SSSR count). The summed E-state index contributed by atoms with van der Waals surface area (Å²) in [6.45, 7) is 0.0308. The van der Waals surface area contributed by atoms with Gasteiger partial charge in [0.2, 0.25) is 0 Å². The number of nitrogens with zero attached hydrogens (tertiary/aromatic N) is 1. The van der Waals surface area contributed by atoms with Crippen molar-refractivity contribution in [1.29, 1.82) is 0 Å². The zero-order valence-corrected chi connectivity index (χ0v) is 9.91. The third kappa shape index (κ3) is 3.12. The summed E-state index contributed by atoms with van der Waals surface area (Å²) in [7, 11) is 0. The maximum atomic E-state index is 11.9. The van der Waals surface area contributed by atoms with E-state index in [-0.39, 0.29) is 12.5 Å². The van der Waals surface area contributed by atoms with E-state index in [0.29, 0.717) is 17.7 Å². The first kappa shape index (κ1) is 11.8. The number of pyridine rings is 1. The number of thiophene rings is 1. The maximum Gasteiger partial charge on any atom is 0.256 e. The van der Waals surface area contributed by atoms with Gasteiger partial charge in [-0.2, -0.15) is 0 Å². The minimum absolute atomic E-state index is 0.0308. The fourth-order valence-electron chi connectivity index (χ4n) is 1.40. The SMILES string of the molecule is O=C(Nc1cccs1)c1ccnc(CCO)c1. The van der Waals surface area contributed by atoms with Gasteiger partial charge in [0, 0.05) is 30.5 Å². The average Bonchev–Trinajstić information content (AvgIpc) is 2.83. The zero-order valence-electron chi connectivity index (χ0n) is 9.09. The number of nitrogens with one attached hydrogen (secondary N) is 1. The highest BCUT2D eigenvalue weighted by molar-refractivity contribution is 7.14. The summed E-state index contributed by atoms with van der Waals surface area (Å²) >= 11 is 1.47. The lowest BCUT2D eigenvalue weighted by Crippen LogP contribution is -2.11. The summed E-state index contributed by atoms with van der Waals surface area (Å²) in [4.78, 5) is 15.9. The lowest BCUT2D eigenvalue weighted by atomic mass is 10.2. The maximum absolute atomic E-state index is 11.9. The van der Waals surface area contributed by atoms with Gasteiger partial charge in [-0.3, -0.25) is 9.78 Å². The van der Waals surface area contributed by atoms with Gasteiger partial charge in [-0.25, -0.2) is 0 Å². The Morgan fingerprint density at radius 3 is 3.06 bits per heavy atom. The molecule has 0 aliphatic carbocycles. The molecule has 4 nitrogen and oxygen atoms in total.